The quantitative estimate of drug-likeness (QED) is 0.740. The van der Waals surface area contributed by atoms with Crippen molar-refractivity contribution in [1.82, 2.24) is 16.2 Å². The molecule has 0 saturated carbocycles. The topological polar surface area (TPSA) is 87.3 Å². The molecule has 7 heteroatoms. The summed E-state index contributed by atoms with van der Waals surface area (Å²) in [6.45, 7) is 1.45. The molecule has 124 valence electrons. The van der Waals surface area contributed by atoms with Gasteiger partial charge in [0.25, 0.3) is 17.7 Å². The Kier molecular flexibility index (Phi) is 5.62. The van der Waals surface area contributed by atoms with E-state index < -0.39 is 23.5 Å². The monoisotopic (exact) mass is 329 g/mol. The van der Waals surface area contributed by atoms with Crippen molar-refractivity contribution < 1.29 is 18.8 Å². The van der Waals surface area contributed by atoms with E-state index in [1.165, 1.54) is 12.1 Å². The van der Waals surface area contributed by atoms with Gasteiger partial charge in [-0.3, -0.25) is 25.2 Å². The number of aryl methyl sites for hydroxylation is 1. The first-order chi connectivity index (χ1) is 11.5. The fraction of sp³-hybridized carbons (Fsp3) is 0.118. The molecule has 0 aliphatic rings. The summed E-state index contributed by atoms with van der Waals surface area (Å²) in [7, 11) is 0. The van der Waals surface area contributed by atoms with E-state index in [0.29, 0.717) is 5.56 Å². The van der Waals surface area contributed by atoms with Crippen molar-refractivity contribution in [2.75, 3.05) is 6.54 Å². The first-order valence-electron chi connectivity index (χ1n) is 7.16. The zero-order valence-corrected chi connectivity index (χ0v) is 12.9. The van der Waals surface area contributed by atoms with Gasteiger partial charge >= 0.3 is 0 Å². The molecule has 2 rings (SSSR count). The molecule has 0 radical (unpaired) electrons. The predicted molar refractivity (Wildman–Crippen MR) is 85.5 cm³/mol. The van der Waals surface area contributed by atoms with E-state index in [9.17, 15) is 18.8 Å². The molecule has 2 aromatic rings. The lowest BCUT2D eigenvalue weighted by Gasteiger charge is -2.09. The number of halogens is 1. The minimum atomic E-state index is -0.590. The van der Waals surface area contributed by atoms with E-state index in [4.69, 9.17) is 0 Å². The van der Waals surface area contributed by atoms with Crippen LogP contribution < -0.4 is 16.2 Å². The molecule has 24 heavy (non-hydrogen) atoms. The number of hydrazine groups is 1. The predicted octanol–water partition coefficient (Wildman–Crippen LogP) is 1.33. The van der Waals surface area contributed by atoms with Gasteiger partial charge in [-0.15, -0.1) is 0 Å². The van der Waals surface area contributed by atoms with Gasteiger partial charge in [0.1, 0.15) is 5.82 Å². The zero-order valence-electron chi connectivity index (χ0n) is 12.9. The van der Waals surface area contributed by atoms with Crippen LogP contribution >= 0.6 is 0 Å². The van der Waals surface area contributed by atoms with Gasteiger partial charge < -0.3 is 5.32 Å². The Morgan fingerprint density at radius 2 is 1.58 bits per heavy atom. The highest BCUT2D eigenvalue weighted by Crippen LogP contribution is 2.05. The van der Waals surface area contributed by atoms with Crippen molar-refractivity contribution in [3.05, 3.63) is 71.0 Å². The number of carbonyl (C=O) groups is 3. The maximum absolute atomic E-state index is 12.8. The number of amides is 3. The van der Waals surface area contributed by atoms with Crippen molar-refractivity contribution in [2.45, 2.75) is 6.92 Å². The Morgan fingerprint density at radius 3 is 2.25 bits per heavy atom. The molecule has 0 saturated heterocycles. The van der Waals surface area contributed by atoms with Crippen molar-refractivity contribution in [2.24, 2.45) is 0 Å². The Morgan fingerprint density at radius 1 is 0.917 bits per heavy atom. The third-order valence-electron chi connectivity index (χ3n) is 3.22. The van der Waals surface area contributed by atoms with Crippen LogP contribution in [0.1, 0.15) is 26.3 Å². The number of carbonyl (C=O) groups excluding carboxylic acids is 3. The largest absolute Gasteiger partial charge is 0.343 e. The van der Waals surface area contributed by atoms with Crippen LogP contribution in [0, 0.1) is 12.7 Å². The summed E-state index contributed by atoms with van der Waals surface area (Å²) in [6.07, 6.45) is 0. The molecule has 0 heterocycles. The van der Waals surface area contributed by atoms with Crippen LogP contribution in [0.2, 0.25) is 0 Å². The number of benzene rings is 2. The number of hydrogen-bond donors (Lipinski definition) is 3. The molecule has 0 unspecified atom stereocenters. The minimum absolute atomic E-state index is 0.230. The van der Waals surface area contributed by atoms with Crippen LogP contribution in [0.15, 0.2) is 48.5 Å². The molecule has 0 aliphatic heterocycles. The van der Waals surface area contributed by atoms with Crippen LogP contribution in [0.5, 0.6) is 0 Å². The first kappa shape index (κ1) is 17.1. The van der Waals surface area contributed by atoms with Crippen molar-refractivity contribution in [3.8, 4) is 0 Å². The molecule has 0 fully saturated rings. The smallest absolute Gasteiger partial charge is 0.269 e. The number of rotatable bonds is 4. The van der Waals surface area contributed by atoms with Gasteiger partial charge in [-0.25, -0.2) is 4.39 Å². The second-order valence-electron chi connectivity index (χ2n) is 5.01. The van der Waals surface area contributed by atoms with E-state index in [1.54, 1.807) is 31.2 Å². The summed E-state index contributed by atoms with van der Waals surface area (Å²) in [5.74, 6) is -2.02. The molecule has 3 N–H and O–H groups in total. The molecule has 6 nitrogen and oxygen atoms in total. The van der Waals surface area contributed by atoms with Gasteiger partial charge in [0.05, 0.1) is 6.54 Å². The summed E-state index contributed by atoms with van der Waals surface area (Å²) in [6, 6.07) is 11.8. The lowest BCUT2D eigenvalue weighted by molar-refractivity contribution is -0.120. The molecule has 2 aromatic carbocycles. The Labute approximate surface area is 138 Å². The summed E-state index contributed by atoms with van der Waals surface area (Å²) in [4.78, 5) is 35.3. The highest BCUT2D eigenvalue weighted by atomic mass is 19.1. The van der Waals surface area contributed by atoms with E-state index in [-0.39, 0.29) is 12.1 Å². The van der Waals surface area contributed by atoms with Gasteiger partial charge in [-0.1, -0.05) is 18.2 Å². The first-order valence-corrected chi connectivity index (χ1v) is 7.16. The van der Waals surface area contributed by atoms with Crippen LogP contribution in [-0.4, -0.2) is 24.3 Å². The standard InChI is InChI=1S/C17H16FN3O3/c1-11-4-2-3-5-14(11)17(24)21-20-15(22)10-19-16(23)12-6-8-13(18)9-7-12/h2-9H,10H2,1H3,(H,19,23)(H,20,22)(H,21,24). The fourth-order valence-electron chi connectivity index (χ4n) is 1.93. The molecule has 0 aromatic heterocycles. The minimum Gasteiger partial charge on any atom is -0.343 e. The highest BCUT2D eigenvalue weighted by Gasteiger charge is 2.11. The van der Waals surface area contributed by atoms with Gasteiger partial charge in [0, 0.05) is 11.1 Å². The van der Waals surface area contributed by atoms with Crippen molar-refractivity contribution in [1.29, 1.82) is 0 Å². The second kappa shape index (κ2) is 7.87. The van der Waals surface area contributed by atoms with Crippen LogP contribution in [0.3, 0.4) is 0 Å². The lowest BCUT2D eigenvalue weighted by Crippen LogP contribution is -2.46. The highest BCUT2D eigenvalue weighted by molar-refractivity contribution is 5.98. The SMILES string of the molecule is Cc1ccccc1C(=O)NNC(=O)CNC(=O)c1ccc(F)cc1. The molecule has 0 spiro atoms. The van der Waals surface area contributed by atoms with Crippen LogP contribution in [0.25, 0.3) is 0 Å². The fourth-order valence-corrected chi connectivity index (χ4v) is 1.93. The number of hydrogen-bond acceptors (Lipinski definition) is 3. The second-order valence-corrected chi connectivity index (χ2v) is 5.01. The molecule has 0 aliphatic carbocycles. The molecule has 0 bridgehead atoms. The van der Waals surface area contributed by atoms with Gasteiger partial charge in [-0.2, -0.15) is 0 Å². The molecule has 3 amide bonds. The normalized spacial score (nSPS) is 9.92. The van der Waals surface area contributed by atoms with Crippen LogP contribution in [-0.2, 0) is 4.79 Å². The van der Waals surface area contributed by atoms with E-state index in [1.807, 2.05) is 0 Å². The zero-order chi connectivity index (χ0) is 17.5. The van der Waals surface area contributed by atoms with Gasteiger partial charge in [-0.05, 0) is 42.8 Å². The molecular weight excluding hydrogens is 313 g/mol. The summed E-state index contributed by atoms with van der Waals surface area (Å²) >= 11 is 0. The average Bonchev–Trinajstić information content (AvgIpc) is 2.58. The van der Waals surface area contributed by atoms with Gasteiger partial charge in [0.2, 0.25) is 0 Å². The van der Waals surface area contributed by atoms with Crippen molar-refractivity contribution >= 4 is 17.7 Å². The Bertz CT molecular complexity index is 760. The van der Waals surface area contributed by atoms with E-state index in [0.717, 1.165) is 17.7 Å². The Hall–Kier alpha value is -3.22. The molecule has 0 atom stereocenters. The summed E-state index contributed by atoms with van der Waals surface area (Å²) in [5, 5.41) is 2.37. The number of nitrogens with one attached hydrogen (secondary N) is 3. The maximum atomic E-state index is 12.8. The third-order valence-corrected chi connectivity index (χ3v) is 3.22. The third kappa shape index (κ3) is 4.64. The lowest BCUT2D eigenvalue weighted by atomic mass is 10.1. The van der Waals surface area contributed by atoms with E-state index in [2.05, 4.69) is 16.2 Å². The van der Waals surface area contributed by atoms with Crippen LogP contribution in [0.4, 0.5) is 4.39 Å². The maximum Gasteiger partial charge on any atom is 0.269 e. The average molecular weight is 329 g/mol. The summed E-state index contributed by atoms with van der Waals surface area (Å²) < 4.78 is 12.8. The summed E-state index contributed by atoms with van der Waals surface area (Å²) in [5.41, 5.74) is 5.92. The Balaban J connectivity index is 1.79. The molecular formula is C17H16FN3O3. The van der Waals surface area contributed by atoms with Crippen molar-refractivity contribution in [3.63, 3.8) is 0 Å². The van der Waals surface area contributed by atoms with E-state index >= 15 is 0 Å². The van der Waals surface area contributed by atoms with Gasteiger partial charge in [0.15, 0.2) is 0 Å².